The minimum atomic E-state index is 0.390. The summed E-state index contributed by atoms with van der Waals surface area (Å²) in [4.78, 5) is 0. The van der Waals surface area contributed by atoms with Gasteiger partial charge in [0, 0.05) is 23.6 Å². The van der Waals surface area contributed by atoms with Crippen LogP contribution in [0.15, 0.2) is 139 Å². The van der Waals surface area contributed by atoms with Crippen LogP contribution in [-0.4, -0.2) is 14.8 Å². The van der Waals surface area contributed by atoms with E-state index in [0.717, 1.165) is 35.7 Å². The third kappa shape index (κ3) is 4.56. The van der Waals surface area contributed by atoms with Crippen molar-refractivity contribution in [3.63, 3.8) is 0 Å². The summed E-state index contributed by atoms with van der Waals surface area (Å²) in [6.45, 7) is 0. The molecule has 0 saturated carbocycles. The Labute approximate surface area is 212 Å². The number of aromatic nitrogens is 3. The number of allylic oxidation sites excluding steroid dienone is 4. The van der Waals surface area contributed by atoms with Crippen LogP contribution in [0.3, 0.4) is 0 Å². The molecule has 0 saturated heterocycles. The summed E-state index contributed by atoms with van der Waals surface area (Å²) < 4.78 is 2.21. The largest absolute Gasteiger partial charge is 0.279 e. The summed E-state index contributed by atoms with van der Waals surface area (Å²) in [6.07, 6.45) is 8.46. The van der Waals surface area contributed by atoms with Gasteiger partial charge in [0.2, 0.25) is 0 Å². The second-order valence-corrected chi connectivity index (χ2v) is 9.17. The van der Waals surface area contributed by atoms with Gasteiger partial charge in [-0.15, -0.1) is 10.2 Å². The molecule has 0 amide bonds. The maximum Gasteiger partial charge on any atom is 0.168 e. The van der Waals surface area contributed by atoms with E-state index in [4.69, 9.17) is 10.2 Å². The average Bonchev–Trinajstić information content (AvgIpc) is 3.38. The topological polar surface area (TPSA) is 30.7 Å². The number of para-hydroxylation sites is 1. The molecule has 1 heterocycles. The predicted molar refractivity (Wildman–Crippen MR) is 147 cm³/mol. The van der Waals surface area contributed by atoms with Crippen molar-refractivity contribution in [1.29, 1.82) is 0 Å². The zero-order valence-corrected chi connectivity index (χ0v) is 20.0. The van der Waals surface area contributed by atoms with Crippen LogP contribution in [0.1, 0.15) is 23.7 Å². The Balaban J connectivity index is 1.36. The number of hydrogen-bond acceptors (Lipinski definition) is 2. The van der Waals surface area contributed by atoms with Crippen LogP contribution in [0.5, 0.6) is 0 Å². The van der Waals surface area contributed by atoms with Gasteiger partial charge in [0.25, 0.3) is 0 Å². The van der Waals surface area contributed by atoms with Gasteiger partial charge in [-0.3, -0.25) is 4.57 Å². The van der Waals surface area contributed by atoms with Gasteiger partial charge in [0.15, 0.2) is 5.82 Å². The number of rotatable bonds is 6. The zero-order valence-electron chi connectivity index (χ0n) is 20.0. The Bertz CT molecular complexity index is 1510. The maximum atomic E-state index is 4.71. The number of benzene rings is 4. The molecule has 1 unspecified atom stereocenters. The van der Waals surface area contributed by atoms with E-state index < -0.39 is 0 Å². The second-order valence-electron chi connectivity index (χ2n) is 9.17. The molecular formula is C33H27N3. The lowest BCUT2D eigenvalue weighted by atomic mass is 9.87. The van der Waals surface area contributed by atoms with Gasteiger partial charge in [-0.1, -0.05) is 121 Å². The third-order valence-corrected chi connectivity index (χ3v) is 6.74. The molecule has 0 bridgehead atoms. The lowest BCUT2D eigenvalue weighted by Gasteiger charge is -2.19. The fraction of sp³-hybridized carbons (Fsp3) is 0.0909. The highest BCUT2D eigenvalue weighted by Gasteiger charge is 2.20. The number of nitrogens with zero attached hydrogens (tertiary/aromatic N) is 3. The molecule has 0 N–H and O–H groups in total. The summed E-state index contributed by atoms with van der Waals surface area (Å²) in [5.74, 6) is 2.21. The van der Waals surface area contributed by atoms with Gasteiger partial charge in [-0.25, -0.2) is 0 Å². The first-order chi connectivity index (χ1) is 17.8. The molecule has 1 aromatic heterocycles. The van der Waals surface area contributed by atoms with Crippen LogP contribution in [0.4, 0.5) is 0 Å². The van der Waals surface area contributed by atoms with Crippen LogP contribution < -0.4 is 0 Å². The van der Waals surface area contributed by atoms with E-state index in [2.05, 4.69) is 126 Å². The molecule has 6 rings (SSSR count). The summed E-state index contributed by atoms with van der Waals surface area (Å²) in [6, 6.07) is 40.2. The van der Waals surface area contributed by atoms with Crippen LogP contribution in [0.25, 0.3) is 28.2 Å². The molecule has 1 atom stereocenters. The molecule has 0 spiro atoms. The van der Waals surface area contributed by atoms with Gasteiger partial charge in [-0.2, -0.15) is 0 Å². The second kappa shape index (κ2) is 10.0. The van der Waals surface area contributed by atoms with Crippen LogP contribution in [-0.2, 0) is 6.42 Å². The Morgan fingerprint density at radius 3 is 2.11 bits per heavy atom. The van der Waals surface area contributed by atoms with Crippen molar-refractivity contribution < 1.29 is 0 Å². The SMILES string of the molecule is C1=CC(c2ccccc2)CC(Cc2nnc(-c3cccc(-c4ccccc4)c3)n2-c2ccccc2)=C1. The van der Waals surface area contributed by atoms with E-state index in [1.807, 2.05) is 12.1 Å². The zero-order chi connectivity index (χ0) is 24.2. The fourth-order valence-corrected chi connectivity index (χ4v) is 4.94. The predicted octanol–water partition coefficient (Wildman–Crippen LogP) is 7.81. The minimum absolute atomic E-state index is 0.390. The Morgan fingerprint density at radius 1 is 0.667 bits per heavy atom. The highest BCUT2D eigenvalue weighted by molar-refractivity contribution is 5.71. The monoisotopic (exact) mass is 465 g/mol. The van der Waals surface area contributed by atoms with Gasteiger partial charge in [0.05, 0.1) is 0 Å². The van der Waals surface area contributed by atoms with E-state index >= 15 is 0 Å². The fourth-order valence-electron chi connectivity index (χ4n) is 4.94. The van der Waals surface area contributed by atoms with Crippen LogP contribution in [0, 0.1) is 0 Å². The summed E-state index contributed by atoms with van der Waals surface area (Å²) in [5, 5.41) is 9.42. The Kier molecular flexibility index (Phi) is 6.11. The lowest BCUT2D eigenvalue weighted by Crippen LogP contribution is -2.08. The Hall–Kier alpha value is -4.50. The van der Waals surface area contributed by atoms with Crippen LogP contribution in [0.2, 0.25) is 0 Å². The van der Waals surface area contributed by atoms with Crippen molar-refractivity contribution in [3.05, 3.63) is 150 Å². The first kappa shape index (κ1) is 22.0. The molecule has 3 nitrogen and oxygen atoms in total. The molecule has 174 valence electrons. The minimum Gasteiger partial charge on any atom is -0.279 e. The molecule has 0 radical (unpaired) electrons. The van der Waals surface area contributed by atoms with Crippen molar-refractivity contribution in [2.45, 2.75) is 18.8 Å². The third-order valence-electron chi connectivity index (χ3n) is 6.74. The maximum absolute atomic E-state index is 4.71. The molecule has 36 heavy (non-hydrogen) atoms. The number of hydrogen-bond donors (Lipinski definition) is 0. The molecule has 1 aliphatic carbocycles. The molecular weight excluding hydrogens is 438 g/mol. The Morgan fingerprint density at radius 2 is 1.33 bits per heavy atom. The van der Waals surface area contributed by atoms with E-state index in [0.29, 0.717) is 5.92 Å². The van der Waals surface area contributed by atoms with Gasteiger partial charge in [0.1, 0.15) is 5.82 Å². The molecule has 4 aromatic carbocycles. The van der Waals surface area contributed by atoms with Gasteiger partial charge in [-0.05, 0) is 41.3 Å². The molecule has 5 aromatic rings. The highest BCUT2D eigenvalue weighted by atomic mass is 15.3. The summed E-state index contributed by atoms with van der Waals surface area (Å²) in [7, 11) is 0. The van der Waals surface area contributed by atoms with Crippen molar-refractivity contribution in [2.24, 2.45) is 0 Å². The summed E-state index contributed by atoms with van der Waals surface area (Å²) >= 11 is 0. The molecule has 1 aliphatic rings. The lowest BCUT2D eigenvalue weighted by molar-refractivity contribution is 0.766. The van der Waals surface area contributed by atoms with Crippen molar-refractivity contribution in [3.8, 4) is 28.2 Å². The van der Waals surface area contributed by atoms with Gasteiger partial charge < -0.3 is 0 Å². The molecule has 0 fully saturated rings. The highest BCUT2D eigenvalue weighted by Crippen LogP contribution is 2.32. The first-order valence-corrected chi connectivity index (χ1v) is 12.4. The smallest absolute Gasteiger partial charge is 0.168 e. The van der Waals surface area contributed by atoms with E-state index in [1.165, 1.54) is 22.3 Å². The standard InChI is InChI=1S/C33H27N3/c1-4-13-26(14-5-1)28-17-10-12-25(22-28)23-32-34-35-33(36(32)31-20-8-3-9-21-31)30-19-11-18-29(24-30)27-15-6-2-7-16-27/h1-21,24,28H,22-23H2. The quantitative estimate of drug-likeness (QED) is 0.256. The van der Waals surface area contributed by atoms with Crippen LogP contribution >= 0.6 is 0 Å². The van der Waals surface area contributed by atoms with Crippen molar-refractivity contribution >= 4 is 0 Å². The van der Waals surface area contributed by atoms with Crippen molar-refractivity contribution in [1.82, 2.24) is 14.8 Å². The van der Waals surface area contributed by atoms with Gasteiger partial charge >= 0.3 is 0 Å². The first-order valence-electron chi connectivity index (χ1n) is 12.4. The molecule has 0 aliphatic heterocycles. The van der Waals surface area contributed by atoms with E-state index in [-0.39, 0.29) is 0 Å². The molecule has 3 heteroatoms. The van der Waals surface area contributed by atoms with Crippen molar-refractivity contribution in [2.75, 3.05) is 0 Å². The summed E-state index contributed by atoms with van der Waals surface area (Å²) in [5.41, 5.74) is 7.20. The normalized spacial score (nSPS) is 15.0. The van der Waals surface area contributed by atoms with E-state index in [1.54, 1.807) is 0 Å². The average molecular weight is 466 g/mol. The van der Waals surface area contributed by atoms with E-state index in [9.17, 15) is 0 Å².